The minimum atomic E-state index is -5.00. The van der Waals surface area contributed by atoms with Crippen molar-refractivity contribution in [3.63, 3.8) is 0 Å². The minimum absolute atomic E-state index is 0. The zero-order valence-corrected chi connectivity index (χ0v) is 39.6. The molecule has 0 radical (unpaired) electrons. The topological polar surface area (TPSA) is 221 Å². The number of nitrogens with one attached hydrogen (secondary N) is 2. The SMILES string of the molecule is CCCCCCCCCCCCCCCc1ccc(N=Nc2c(NC(=O)c3cc(S(=O)(=O)O)cc(S(=O)(=O)O)c3)[nH]n(-c3ccccc3)c2=O)c(O)c1.[K+].[K+]. The first-order chi connectivity index (χ1) is 25.3. The molecule has 0 unspecified atom stereocenters. The van der Waals surface area contributed by atoms with Gasteiger partial charge in [0.15, 0.2) is 11.5 Å². The molecule has 5 N–H and O–H groups in total. The van der Waals surface area contributed by atoms with E-state index in [0.717, 1.165) is 29.5 Å². The number of aromatic hydroxyl groups is 1. The summed E-state index contributed by atoms with van der Waals surface area (Å²) in [5.41, 5.74) is -0.418. The third kappa shape index (κ3) is 16.1. The second kappa shape index (κ2) is 24.5. The molecule has 0 bridgehead atoms. The molecule has 1 amide bonds. The van der Waals surface area contributed by atoms with Crippen LogP contribution < -0.4 is 114 Å². The van der Waals surface area contributed by atoms with E-state index >= 15 is 0 Å². The summed E-state index contributed by atoms with van der Waals surface area (Å²) in [6.07, 6.45) is 17.1. The van der Waals surface area contributed by atoms with Crippen molar-refractivity contribution < 1.29 is 139 Å². The fourth-order valence-corrected chi connectivity index (χ4v) is 6.99. The number of unbranched alkanes of at least 4 members (excludes halogenated alkanes) is 12. The first-order valence-electron chi connectivity index (χ1n) is 17.8. The number of rotatable bonds is 21. The van der Waals surface area contributed by atoms with Gasteiger partial charge in [-0.3, -0.25) is 23.8 Å². The predicted molar refractivity (Wildman–Crippen MR) is 202 cm³/mol. The first kappa shape index (κ1) is 49.8. The van der Waals surface area contributed by atoms with Crippen LogP contribution in [0.3, 0.4) is 0 Å². The molecular weight excluding hydrogens is 801 g/mol. The van der Waals surface area contributed by atoms with Gasteiger partial charge < -0.3 is 10.4 Å². The van der Waals surface area contributed by atoms with Gasteiger partial charge in [0.05, 0.1) is 15.5 Å². The van der Waals surface area contributed by atoms with Crippen LogP contribution in [0.2, 0.25) is 0 Å². The summed E-state index contributed by atoms with van der Waals surface area (Å²) < 4.78 is 67.1. The smallest absolute Gasteiger partial charge is 0.506 e. The van der Waals surface area contributed by atoms with E-state index in [1.165, 1.54) is 70.6 Å². The molecular formula is C37H47K2N5O9S2+2. The summed E-state index contributed by atoms with van der Waals surface area (Å²) in [5, 5.41) is 23.8. The zero-order valence-electron chi connectivity index (χ0n) is 31.7. The quantitative estimate of drug-likeness (QED) is 0.0360. The van der Waals surface area contributed by atoms with Gasteiger partial charge in [-0.15, -0.1) is 10.2 Å². The molecule has 0 aliphatic rings. The summed E-state index contributed by atoms with van der Waals surface area (Å²) in [6.45, 7) is 2.24. The molecule has 0 saturated heterocycles. The van der Waals surface area contributed by atoms with Gasteiger partial charge in [0, 0.05) is 5.56 Å². The van der Waals surface area contributed by atoms with Crippen molar-refractivity contribution in [3.05, 3.63) is 88.2 Å². The molecule has 14 nitrogen and oxygen atoms in total. The number of nitrogens with zero attached hydrogens (tertiary/aromatic N) is 3. The van der Waals surface area contributed by atoms with E-state index in [9.17, 15) is 40.6 Å². The van der Waals surface area contributed by atoms with Gasteiger partial charge in [-0.05, 0) is 60.9 Å². The van der Waals surface area contributed by atoms with Gasteiger partial charge in [0.2, 0.25) is 0 Å². The molecule has 18 heteroatoms. The molecule has 0 saturated carbocycles. The third-order valence-electron chi connectivity index (χ3n) is 8.72. The second-order valence-electron chi connectivity index (χ2n) is 12.9. The number of H-pyrrole nitrogens is 1. The standard InChI is InChI=1S/C37H47N5O9S2.2K/c1-2-3-4-5-6-7-8-9-10-11-12-13-15-18-27-21-22-32(33(43)23-27)39-40-34-35(41-42(37(34)45)29-19-16-14-17-20-29)38-36(44)28-24-30(52(46,47)48)26-31(25-28)53(49,50)51;;/h14,16-17,19-26,41,43H,2-13,15,18H2,1H3,(H,38,44)(H,46,47,48)(H,49,50,51);;/q;2*+1. The summed E-state index contributed by atoms with van der Waals surface area (Å²) in [7, 11) is -10.00. The number of para-hydroxylation sites is 1. The van der Waals surface area contributed by atoms with Crippen molar-refractivity contribution in [1.29, 1.82) is 0 Å². The number of carbonyl (C=O) groups excluding carboxylic acids is 1. The van der Waals surface area contributed by atoms with Crippen molar-refractivity contribution >= 4 is 43.3 Å². The minimum Gasteiger partial charge on any atom is -0.506 e. The molecule has 3 aromatic carbocycles. The number of aryl methyl sites for hydroxylation is 1. The van der Waals surface area contributed by atoms with E-state index in [4.69, 9.17) is 0 Å². The largest absolute Gasteiger partial charge is 1.00 e. The molecule has 0 aliphatic heterocycles. The maximum Gasteiger partial charge on any atom is 1.00 e. The molecule has 286 valence electrons. The predicted octanol–water partition coefficient (Wildman–Crippen LogP) is 2.67. The number of azo groups is 1. The summed E-state index contributed by atoms with van der Waals surface area (Å²) in [4.78, 5) is 24.8. The van der Waals surface area contributed by atoms with Crippen molar-refractivity contribution in [2.24, 2.45) is 10.2 Å². The van der Waals surface area contributed by atoms with E-state index < -0.39 is 52.7 Å². The molecule has 4 aromatic rings. The molecule has 0 spiro atoms. The zero-order chi connectivity index (χ0) is 38.4. The number of aromatic amines is 1. The van der Waals surface area contributed by atoms with E-state index in [1.807, 2.05) is 6.07 Å². The molecule has 55 heavy (non-hydrogen) atoms. The Hall–Kier alpha value is -1.37. The van der Waals surface area contributed by atoms with Crippen LogP contribution in [0.5, 0.6) is 5.75 Å². The van der Waals surface area contributed by atoms with Crippen LogP contribution in [0.4, 0.5) is 17.2 Å². The van der Waals surface area contributed by atoms with Crippen LogP contribution in [-0.4, -0.2) is 46.7 Å². The van der Waals surface area contributed by atoms with Crippen molar-refractivity contribution in [2.75, 3.05) is 5.32 Å². The van der Waals surface area contributed by atoms with Crippen LogP contribution >= 0.6 is 0 Å². The maximum atomic E-state index is 13.5. The van der Waals surface area contributed by atoms with E-state index in [-0.39, 0.29) is 120 Å². The number of aromatic nitrogens is 2. The Morgan fingerprint density at radius 3 is 1.76 bits per heavy atom. The van der Waals surface area contributed by atoms with Gasteiger partial charge >= 0.3 is 108 Å². The fraction of sp³-hybridized carbons (Fsp3) is 0.405. The summed E-state index contributed by atoms with van der Waals surface area (Å²) in [5.74, 6) is -1.60. The normalized spacial score (nSPS) is 11.6. The van der Waals surface area contributed by atoms with Gasteiger partial charge in [0.1, 0.15) is 11.4 Å². The van der Waals surface area contributed by atoms with Crippen LogP contribution in [-0.2, 0) is 26.7 Å². The van der Waals surface area contributed by atoms with Crippen molar-refractivity contribution in [2.45, 2.75) is 107 Å². The summed E-state index contributed by atoms with van der Waals surface area (Å²) >= 11 is 0. The monoisotopic (exact) mass is 847 g/mol. The van der Waals surface area contributed by atoms with Gasteiger partial charge in [0.25, 0.3) is 26.1 Å². The van der Waals surface area contributed by atoms with E-state index in [2.05, 4.69) is 27.6 Å². The van der Waals surface area contributed by atoms with Crippen LogP contribution in [0.25, 0.3) is 5.69 Å². The first-order valence-corrected chi connectivity index (χ1v) is 20.7. The number of hydrogen-bond acceptors (Lipinski definition) is 9. The Balaban J connectivity index is 0.00000523. The Labute approximate surface area is 407 Å². The van der Waals surface area contributed by atoms with E-state index in [1.54, 1.807) is 42.5 Å². The van der Waals surface area contributed by atoms with Crippen LogP contribution in [0, 0.1) is 0 Å². The van der Waals surface area contributed by atoms with Crippen molar-refractivity contribution in [1.82, 2.24) is 9.78 Å². The van der Waals surface area contributed by atoms with Gasteiger partial charge in [-0.1, -0.05) is 108 Å². The number of benzene rings is 3. The van der Waals surface area contributed by atoms with Gasteiger partial charge in [-0.2, -0.15) is 16.8 Å². The average molecular weight is 848 g/mol. The molecule has 0 atom stereocenters. The number of phenols is 1. The number of phenolic OH excluding ortho intramolecular Hbond substituents is 1. The Bertz CT molecular complexity index is 2110. The molecule has 1 aromatic heterocycles. The molecule has 4 rings (SSSR count). The number of anilines is 1. The third-order valence-corrected chi connectivity index (χ3v) is 10.4. The molecule has 0 fully saturated rings. The van der Waals surface area contributed by atoms with Gasteiger partial charge in [-0.25, -0.2) is 4.68 Å². The fourth-order valence-electron chi connectivity index (χ4n) is 5.81. The Kier molecular flexibility index (Phi) is 22.2. The maximum absolute atomic E-state index is 13.5. The number of amides is 1. The summed E-state index contributed by atoms with van der Waals surface area (Å²) in [6, 6.07) is 15.1. The van der Waals surface area contributed by atoms with Crippen LogP contribution in [0.1, 0.15) is 106 Å². The Morgan fingerprint density at radius 1 is 0.727 bits per heavy atom. The number of hydrogen-bond donors (Lipinski definition) is 5. The Morgan fingerprint density at radius 2 is 1.25 bits per heavy atom. The molecule has 0 aliphatic carbocycles. The van der Waals surface area contributed by atoms with E-state index in [0.29, 0.717) is 23.9 Å². The second-order valence-corrected chi connectivity index (χ2v) is 15.8. The molecule has 1 heterocycles. The van der Waals surface area contributed by atoms with Crippen LogP contribution in [0.15, 0.2) is 91.5 Å². The average Bonchev–Trinajstić information content (AvgIpc) is 3.43. The number of carbonyl (C=O) groups is 1. The van der Waals surface area contributed by atoms with Crippen molar-refractivity contribution in [3.8, 4) is 11.4 Å².